The summed E-state index contributed by atoms with van der Waals surface area (Å²) in [5.74, 6) is -0.629. The van der Waals surface area contributed by atoms with E-state index in [2.05, 4.69) is 5.32 Å². The Bertz CT molecular complexity index is 1040. The first-order valence-corrected chi connectivity index (χ1v) is 11.7. The van der Waals surface area contributed by atoms with E-state index in [1.54, 1.807) is 12.1 Å². The Morgan fingerprint density at radius 1 is 1.09 bits per heavy atom. The van der Waals surface area contributed by atoms with Crippen molar-refractivity contribution in [2.45, 2.75) is 11.3 Å². The Morgan fingerprint density at radius 3 is 2.53 bits per heavy atom. The largest absolute Gasteiger partial charge is 0.493 e. The van der Waals surface area contributed by atoms with Crippen molar-refractivity contribution in [2.24, 2.45) is 0 Å². The second-order valence-electron chi connectivity index (χ2n) is 6.78. The molecule has 2 aromatic rings. The molecule has 1 aliphatic rings. The van der Waals surface area contributed by atoms with Gasteiger partial charge in [-0.2, -0.15) is 4.31 Å². The number of ether oxygens (including phenoxy) is 3. The third-order valence-electron chi connectivity index (χ3n) is 4.50. The van der Waals surface area contributed by atoms with Crippen molar-refractivity contribution in [1.82, 2.24) is 4.31 Å². The topological polar surface area (TPSA) is 111 Å². The van der Waals surface area contributed by atoms with Crippen LogP contribution < -0.4 is 10.1 Å². The summed E-state index contributed by atoms with van der Waals surface area (Å²) in [5, 5.41) is 2.63. The first-order chi connectivity index (χ1) is 15.4. The number of anilines is 1. The first-order valence-electron chi connectivity index (χ1n) is 9.87. The van der Waals surface area contributed by atoms with Crippen LogP contribution in [0.25, 0.3) is 0 Å². The molecule has 3 rings (SSSR count). The maximum absolute atomic E-state index is 12.8. The van der Waals surface area contributed by atoms with Gasteiger partial charge in [-0.05, 0) is 30.3 Å². The molecular weight excluding hydrogens is 460 g/mol. The van der Waals surface area contributed by atoms with Crippen LogP contribution in [-0.4, -0.2) is 64.1 Å². The lowest BCUT2D eigenvalue weighted by molar-refractivity contribution is -0.147. The number of carbonyl (C=O) groups excluding carboxylic acids is 2. The molecule has 11 heteroatoms. The second-order valence-corrected chi connectivity index (χ2v) is 9.12. The quantitative estimate of drug-likeness (QED) is 0.546. The minimum absolute atomic E-state index is 0.00541. The highest BCUT2D eigenvalue weighted by Crippen LogP contribution is 2.27. The maximum Gasteiger partial charge on any atom is 0.309 e. The number of amides is 1. The summed E-state index contributed by atoms with van der Waals surface area (Å²) in [6.07, 6.45) is -0.0315. The number of para-hydroxylation sites is 1. The molecule has 0 spiro atoms. The van der Waals surface area contributed by atoms with Crippen LogP contribution in [0.4, 0.5) is 5.69 Å². The van der Waals surface area contributed by atoms with Gasteiger partial charge in [-0.1, -0.05) is 29.8 Å². The molecule has 0 aliphatic carbocycles. The third-order valence-corrected chi connectivity index (χ3v) is 6.73. The van der Waals surface area contributed by atoms with Crippen LogP contribution >= 0.6 is 11.6 Å². The highest BCUT2D eigenvalue weighted by molar-refractivity contribution is 7.89. The summed E-state index contributed by atoms with van der Waals surface area (Å²) in [4.78, 5) is 24.0. The van der Waals surface area contributed by atoms with E-state index < -0.39 is 28.5 Å². The second kappa shape index (κ2) is 11.3. The molecule has 1 fully saturated rings. The van der Waals surface area contributed by atoms with Gasteiger partial charge in [0.15, 0.2) is 6.61 Å². The van der Waals surface area contributed by atoms with Gasteiger partial charge < -0.3 is 19.5 Å². The smallest absolute Gasteiger partial charge is 0.309 e. The molecular formula is C21H23ClN2O7S. The van der Waals surface area contributed by atoms with Gasteiger partial charge in [0.1, 0.15) is 5.75 Å². The van der Waals surface area contributed by atoms with Crippen LogP contribution in [0, 0.1) is 0 Å². The van der Waals surface area contributed by atoms with Crippen LogP contribution in [0.5, 0.6) is 5.75 Å². The molecule has 0 aromatic heterocycles. The van der Waals surface area contributed by atoms with E-state index in [9.17, 15) is 18.0 Å². The summed E-state index contributed by atoms with van der Waals surface area (Å²) in [6, 6.07) is 13.0. The number of hydrogen-bond acceptors (Lipinski definition) is 7. The van der Waals surface area contributed by atoms with E-state index in [0.717, 1.165) is 0 Å². The number of morpholine rings is 1. The molecule has 0 saturated carbocycles. The molecule has 0 atom stereocenters. The number of halogens is 1. The molecule has 0 bridgehead atoms. The Labute approximate surface area is 191 Å². The molecule has 172 valence electrons. The standard InChI is InChI=1S/C21H23ClN2O7S/c22-18-7-6-17(32(27,28)24-9-12-29-13-10-24)14-19(18)23-20(25)15-31-21(26)8-11-30-16-4-2-1-3-5-16/h1-7,14H,8-13,15H2,(H,23,25). The molecule has 9 nitrogen and oxygen atoms in total. The molecule has 1 saturated heterocycles. The lowest BCUT2D eigenvalue weighted by Crippen LogP contribution is -2.40. The number of carbonyl (C=O) groups is 2. The average molecular weight is 483 g/mol. The fourth-order valence-electron chi connectivity index (χ4n) is 2.87. The minimum Gasteiger partial charge on any atom is -0.493 e. The summed E-state index contributed by atoms with van der Waals surface area (Å²) in [7, 11) is -3.75. The van der Waals surface area contributed by atoms with Gasteiger partial charge in [0.25, 0.3) is 5.91 Å². The Hall–Kier alpha value is -2.66. The molecule has 32 heavy (non-hydrogen) atoms. The van der Waals surface area contributed by atoms with Crippen LogP contribution in [0.15, 0.2) is 53.4 Å². The molecule has 0 unspecified atom stereocenters. The Balaban J connectivity index is 1.51. The lowest BCUT2D eigenvalue weighted by atomic mass is 10.3. The Kier molecular flexibility index (Phi) is 8.46. The van der Waals surface area contributed by atoms with Crippen LogP contribution in [-0.2, 0) is 29.1 Å². The van der Waals surface area contributed by atoms with Crippen LogP contribution in [0.2, 0.25) is 5.02 Å². The number of sulfonamides is 1. The normalized spacial score (nSPS) is 14.5. The minimum atomic E-state index is -3.75. The monoisotopic (exact) mass is 482 g/mol. The molecule has 1 amide bonds. The zero-order valence-corrected chi connectivity index (χ0v) is 18.7. The summed E-state index contributed by atoms with van der Waals surface area (Å²) in [6.45, 7) is 0.697. The fraction of sp³-hybridized carbons (Fsp3) is 0.333. The average Bonchev–Trinajstić information content (AvgIpc) is 2.80. The van der Waals surface area contributed by atoms with Gasteiger partial charge in [-0.3, -0.25) is 9.59 Å². The number of benzene rings is 2. The van der Waals surface area contributed by atoms with Gasteiger partial charge in [0.2, 0.25) is 10.0 Å². The SMILES string of the molecule is O=C(COC(=O)CCOc1ccccc1)Nc1cc(S(=O)(=O)N2CCOCC2)ccc1Cl. The number of rotatable bonds is 9. The summed E-state index contributed by atoms with van der Waals surface area (Å²) >= 11 is 6.10. The fourth-order valence-corrected chi connectivity index (χ4v) is 4.47. The summed E-state index contributed by atoms with van der Waals surface area (Å²) < 4.78 is 42.4. The zero-order chi connectivity index (χ0) is 23.0. The predicted octanol–water partition coefficient (Wildman–Crippen LogP) is 2.31. The molecule has 1 aliphatic heterocycles. The zero-order valence-electron chi connectivity index (χ0n) is 17.2. The first kappa shape index (κ1) is 24.0. The third kappa shape index (κ3) is 6.67. The number of nitrogens with zero attached hydrogens (tertiary/aromatic N) is 1. The van der Waals surface area contributed by atoms with Crippen molar-refractivity contribution in [3.63, 3.8) is 0 Å². The Morgan fingerprint density at radius 2 is 1.81 bits per heavy atom. The van der Waals surface area contributed by atoms with Crippen LogP contribution in [0.3, 0.4) is 0 Å². The lowest BCUT2D eigenvalue weighted by Gasteiger charge is -2.26. The van der Waals surface area contributed by atoms with Crippen molar-refractivity contribution >= 4 is 39.2 Å². The summed E-state index contributed by atoms with van der Waals surface area (Å²) in [5.41, 5.74) is 0.106. The molecule has 1 N–H and O–H groups in total. The van der Waals surface area contributed by atoms with E-state index in [1.807, 2.05) is 18.2 Å². The maximum atomic E-state index is 12.8. The van der Waals surface area contributed by atoms with E-state index in [-0.39, 0.29) is 41.7 Å². The number of hydrogen-bond donors (Lipinski definition) is 1. The van der Waals surface area contributed by atoms with Crippen LogP contribution in [0.1, 0.15) is 6.42 Å². The van der Waals surface area contributed by atoms with Gasteiger partial charge in [0.05, 0.1) is 41.8 Å². The van der Waals surface area contributed by atoms with Crippen molar-refractivity contribution in [3.05, 3.63) is 53.6 Å². The highest BCUT2D eigenvalue weighted by atomic mass is 35.5. The van der Waals surface area contributed by atoms with Crippen molar-refractivity contribution in [1.29, 1.82) is 0 Å². The molecule has 0 radical (unpaired) electrons. The van der Waals surface area contributed by atoms with Crippen molar-refractivity contribution < 1.29 is 32.2 Å². The van der Waals surface area contributed by atoms with Crippen molar-refractivity contribution in [3.8, 4) is 5.75 Å². The van der Waals surface area contributed by atoms with Gasteiger partial charge in [-0.15, -0.1) is 0 Å². The number of esters is 1. The van der Waals surface area contributed by atoms with Crippen molar-refractivity contribution in [2.75, 3.05) is 44.8 Å². The van der Waals surface area contributed by atoms with Gasteiger partial charge in [-0.25, -0.2) is 8.42 Å². The van der Waals surface area contributed by atoms with Gasteiger partial charge in [0, 0.05) is 13.1 Å². The highest BCUT2D eigenvalue weighted by Gasteiger charge is 2.27. The predicted molar refractivity (Wildman–Crippen MR) is 117 cm³/mol. The van der Waals surface area contributed by atoms with E-state index >= 15 is 0 Å². The van der Waals surface area contributed by atoms with E-state index in [4.69, 9.17) is 25.8 Å². The molecule has 2 aromatic carbocycles. The molecule has 1 heterocycles. The van der Waals surface area contributed by atoms with Gasteiger partial charge >= 0.3 is 5.97 Å². The van der Waals surface area contributed by atoms with E-state index in [0.29, 0.717) is 19.0 Å². The number of nitrogens with one attached hydrogen (secondary N) is 1. The van der Waals surface area contributed by atoms with E-state index in [1.165, 1.54) is 22.5 Å².